The van der Waals surface area contributed by atoms with Gasteiger partial charge in [0.05, 0.1) is 6.10 Å². The molecule has 0 bridgehead atoms. The Morgan fingerprint density at radius 3 is 2.45 bits per heavy atom. The molecular weight excluding hydrogens is 395 g/mol. The highest BCUT2D eigenvalue weighted by Crippen LogP contribution is 2.13. The molecule has 1 rings (SSSR count). The molecule has 0 aromatic carbocycles. The fourth-order valence-electron chi connectivity index (χ4n) is 2.44. The summed E-state index contributed by atoms with van der Waals surface area (Å²) in [6, 6.07) is 0. The van der Waals surface area contributed by atoms with Gasteiger partial charge in [0.1, 0.15) is 0 Å². The average molecular weight is 426 g/mol. The predicted octanol–water partition coefficient (Wildman–Crippen LogP) is 1.60. The van der Waals surface area contributed by atoms with Crippen LogP contribution in [0.25, 0.3) is 0 Å². The van der Waals surface area contributed by atoms with Crippen molar-refractivity contribution in [1.82, 2.24) is 15.5 Å². The van der Waals surface area contributed by atoms with Crippen LogP contribution in [0.5, 0.6) is 0 Å². The van der Waals surface area contributed by atoms with Gasteiger partial charge in [-0.15, -0.1) is 24.0 Å². The Kier molecular flexibility index (Phi) is 12.6. The zero-order valence-corrected chi connectivity index (χ0v) is 16.4. The lowest BCUT2D eigenvalue weighted by Crippen LogP contribution is -2.47. The second-order valence-corrected chi connectivity index (χ2v) is 5.22. The van der Waals surface area contributed by atoms with E-state index in [-0.39, 0.29) is 29.9 Å². The highest BCUT2D eigenvalue weighted by molar-refractivity contribution is 14.0. The molecule has 0 aromatic heterocycles. The van der Waals surface area contributed by atoms with Gasteiger partial charge in [-0.05, 0) is 26.2 Å². The van der Waals surface area contributed by atoms with Crippen molar-refractivity contribution in [2.75, 3.05) is 39.8 Å². The van der Waals surface area contributed by atoms with Crippen molar-refractivity contribution in [2.45, 2.75) is 45.6 Å². The Hall–Kier alpha value is -0.570. The number of piperidine rings is 1. The molecule has 2 N–H and O–H groups in total. The van der Waals surface area contributed by atoms with Crippen LogP contribution in [-0.4, -0.2) is 62.7 Å². The van der Waals surface area contributed by atoms with E-state index in [1.807, 2.05) is 13.8 Å². The van der Waals surface area contributed by atoms with E-state index < -0.39 is 0 Å². The summed E-state index contributed by atoms with van der Waals surface area (Å²) in [6.45, 7) is 8.14. The topological polar surface area (TPSA) is 66.0 Å². The molecule has 1 aliphatic heterocycles. The van der Waals surface area contributed by atoms with Crippen molar-refractivity contribution in [3.05, 3.63) is 0 Å². The molecule has 130 valence electrons. The highest BCUT2D eigenvalue weighted by atomic mass is 127. The molecule has 1 aliphatic rings. The molecule has 22 heavy (non-hydrogen) atoms. The minimum Gasteiger partial charge on any atom is -0.378 e. The lowest BCUT2D eigenvalue weighted by Gasteiger charge is -2.34. The first-order valence-corrected chi connectivity index (χ1v) is 8.05. The summed E-state index contributed by atoms with van der Waals surface area (Å²) in [5.74, 6) is 0.975. The van der Waals surface area contributed by atoms with Crippen LogP contribution in [0.2, 0.25) is 0 Å². The van der Waals surface area contributed by atoms with Gasteiger partial charge in [0.2, 0.25) is 5.91 Å². The molecule has 0 aliphatic carbocycles. The SMILES string of the molecule is CCCNC(=O)CCNC(=NC)N1CCC(OCC)CC1.I. The Labute approximate surface area is 151 Å². The number of carbonyl (C=O) groups is 1. The fourth-order valence-corrected chi connectivity index (χ4v) is 2.44. The molecule has 0 aromatic rings. The maximum atomic E-state index is 11.5. The quantitative estimate of drug-likeness (QED) is 0.369. The minimum atomic E-state index is 0. The van der Waals surface area contributed by atoms with Crippen LogP contribution in [0.15, 0.2) is 4.99 Å². The number of rotatable bonds is 7. The summed E-state index contributed by atoms with van der Waals surface area (Å²) < 4.78 is 5.65. The van der Waals surface area contributed by atoms with Crippen LogP contribution in [0.3, 0.4) is 0 Å². The number of amides is 1. The standard InChI is InChI=1S/C15H30N4O2.HI/c1-4-9-17-14(20)6-10-18-15(16-3)19-11-7-13(8-12-19)21-5-2;/h13H,4-12H2,1-3H3,(H,16,18)(H,17,20);1H. The number of halogens is 1. The van der Waals surface area contributed by atoms with E-state index in [0.29, 0.717) is 19.1 Å². The molecule has 1 saturated heterocycles. The monoisotopic (exact) mass is 426 g/mol. The van der Waals surface area contributed by atoms with E-state index in [0.717, 1.165) is 51.5 Å². The largest absolute Gasteiger partial charge is 0.378 e. The van der Waals surface area contributed by atoms with Crippen LogP contribution >= 0.6 is 24.0 Å². The molecular formula is C15H31IN4O2. The Bertz CT molecular complexity index is 332. The summed E-state index contributed by atoms with van der Waals surface area (Å²) in [5.41, 5.74) is 0. The van der Waals surface area contributed by atoms with Crippen molar-refractivity contribution in [1.29, 1.82) is 0 Å². The number of nitrogens with one attached hydrogen (secondary N) is 2. The van der Waals surface area contributed by atoms with Gasteiger partial charge < -0.3 is 20.3 Å². The number of nitrogens with zero attached hydrogens (tertiary/aromatic N) is 2. The van der Waals surface area contributed by atoms with Gasteiger partial charge in [-0.2, -0.15) is 0 Å². The molecule has 0 saturated carbocycles. The Morgan fingerprint density at radius 1 is 1.23 bits per heavy atom. The smallest absolute Gasteiger partial charge is 0.221 e. The molecule has 0 spiro atoms. The van der Waals surface area contributed by atoms with Crippen molar-refractivity contribution in [3.8, 4) is 0 Å². The second kappa shape index (κ2) is 12.9. The summed E-state index contributed by atoms with van der Waals surface area (Å²) in [7, 11) is 1.79. The third kappa shape index (κ3) is 8.17. The fraction of sp³-hybridized carbons (Fsp3) is 0.867. The first-order valence-electron chi connectivity index (χ1n) is 8.05. The van der Waals surface area contributed by atoms with Crippen molar-refractivity contribution in [3.63, 3.8) is 0 Å². The molecule has 0 atom stereocenters. The first kappa shape index (κ1) is 21.4. The zero-order valence-electron chi connectivity index (χ0n) is 14.1. The summed E-state index contributed by atoms with van der Waals surface area (Å²) in [6.07, 6.45) is 3.89. The normalized spacial score (nSPS) is 16.1. The number of hydrogen-bond donors (Lipinski definition) is 2. The Morgan fingerprint density at radius 2 is 1.91 bits per heavy atom. The Balaban J connectivity index is 0.00000441. The van der Waals surface area contributed by atoms with Gasteiger partial charge in [-0.25, -0.2) is 0 Å². The van der Waals surface area contributed by atoms with Gasteiger partial charge in [0.25, 0.3) is 0 Å². The minimum absolute atomic E-state index is 0. The number of likely N-dealkylation sites (tertiary alicyclic amines) is 1. The number of aliphatic imine (C=N–C) groups is 1. The van der Waals surface area contributed by atoms with Crippen LogP contribution in [-0.2, 0) is 9.53 Å². The van der Waals surface area contributed by atoms with Gasteiger partial charge in [0, 0.05) is 46.3 Å². The molecule has 1 heterocycles. The first-order chi connectivity index (χ1) is 10.2. The van der Waals surface area contributed by atoms with Gasteiger partial charge in [-0.1, -0.05) is 6.92 Å². The number of hydrogen-bond acceptors (Lipinski definition) is 3. The van der Waals surface area contributed by atoms with E-state index >= 15 is 0 Å². The third-order valence-corrected chi connectivity index (χ3v) is 3.56. The zero-order chi connectivity index (χ0) is 15.5. The van der Waals surface area contributed by atoms with Crippen LogP contribution in [0.4, 0.5) is 0 Å². The summed E-state index contributed by atoms with van der Waals surface area (Å²) in [4.78, 5) is 18.1. The van der Waals surface area contributed by atoms with Crippen LogP contribution in [0, 0.1) is 0 Å². The van der Waals surface area contributed by atoms with Crippen molar-refractivity contribution >= 4 is 35.8 Å². The number of ether oxygens (including phenoxy) is 1. The average Bonchev–Trinajstić information content (AvgIpc) is 2.51. The van der Waals surface area contributed by atoms with E-state index in [4.69, 9.17) is 4.74 Å². The number of guanidine groups is 1. The second-order valence-electron chi connectivity index (χ2n) is 5.22. The summed E-state index contributed by atoms with van der Waals surface area (Å²) in [5, 5.41) is 6.14. The van der Waals surface area contributed by atoms with Crippen molar-refractivity contribution in [2.24, 2.45) is 4.99 Å². The molecule has 7 heteroatoms. The van der Waals surface area contributed by atoms with Gasteiger partial charge >= 0.3 is 0 Å². The van der Waals surface area contributed by atoms with Crippen molar-refractivity contribution < 1.29 is 9.53 Å². The van der Waals surface area contributed by atoms with E-state index in [1.54, 1.807) is 7.05 Å². The molecule has 0 radical (unpaired) electrons. The molecule has 1 amide bonds. The van der Waals surface area contributed by atoms with Crippen LogP contribution < -0.4 is 10.6 Å². The van der Waals surface area contributed by atoms with Gasteiger partial charge in [0.15, 0.2) is 5.96 Å². The van der Waals surface area contributed by atoms with E-state index in [9.17, 15) is 4.79 Å². The lowest BCUT2D eigenvalue weighted by molar-refractivity contribution is -0.120. The number of carbonyl (C=O) groups excluding carboxylic acids is 1. The molecule has 1 fully saturated rings. The molecule has 0 unspecified atom stereocenters. The van der Waals surface area contributed by atoms with E-state index in [1.165, 1.54) is 0 Å². The maximum Gasteiger partial charge on any atom is 0.221 e. The van der Waals surface area contributed by atoms with E-state index in [2.05, 4.69) is 20.5 Å². The summed E-state index contributed by atoms with van der Waals surface area (Å²) >= 11 is 0. The van der Waals surface area contributed by atoms with Crippen LogP contribution in [0.1, 0.15) is 39.5 Å². The van der Waals surface area contributed by atoms with Gasteiger partial charge in [-0.3, -0.25) is 9.79 Å². The molecule has 6 nitrogen and oxygen atoms in total. The third-order valence-electron chi connectivity index (χ3n) is 3.56. The maximum absolute atomic E-state index is 11.5. The highest BCUT2D eigenvalue weighted by Gasteiger charge is 2.21. The lowest BCUT2D eigenvalue weighted by atomic mass is 10.1. The predicted molar refractivity (Wildman–Crippen MR) is 101 cm³/mol.